The van der Waals surface area contributed by atoms with Crippen molar-refractivity contribution in [3.05, 3.63) is 0 Å². The first-order valence-electron chi connectivity index (χ1n) is 7.83. The Morgan fingerprint density at radius 2 is 2.05 bits per heavy atom. The van der Waals surface area contributed by atoms with E-state index in [0.29, 0.717) is 6.04 Å². The van der Waals surface area contributed by atoms with Gasteiger partial charge >= 0.3 is 0 Å². The van der Waals surface area contributed by atoms with Gasteiger partial charge in [0.15, 0.2) is 0 Å². The largest absolute Gasteiger partial charge is 0.353 e. The zero-order valence-corrected chi connectivity index (χ0v) is 13.0. The Balaban J connectivity index is 2.52. The highest BCUT2D eigenvalue weighted by molar-refractivity contribution is 5.81. The fourth-order valence-corrected chi connectivity index (χ4v) is 2.75. The van der Waals surface area contributed by atoms with Crippen molar-refractivity contribution in [1.29, 1.82) is 0 Å². The van der Waals surface area contributed by atoms with E-state index in [2.05, 4.69) is 22.5 Å². The molecule has 2 unspecified atom stereocenters. The van der Waals surface area contributed by atoms with Gasteiger partial charge in [-0.15, -0.1) is 0 Å². The van der Waals surface area contributed by atoms with Gasteiger partial charge in [-0.2, -0.15) is 0 Å². The van der Waals surface area contributed by atoms with Crippen molar-refractivity contribution in [2.45, 2.75) is 71.5 Å². The molecule has 1 rings (SSSR count). The second-order valence-corrected chi connectivity index (χ2v) is 5.93. The highest BCUT2D eigenvalue weighted by Crippen LogP contribution is 2.19. The minimum Gasteiger partial charge on any atom is -0.353 e. The zero-order valence-electron chi connectivity index (χ0n) is 13.0. The van der Waals surface area contributed by atoms with E-state index in [0.717, 1.165) is 26.1 Å². The molecule has 0 bridgehead atoms. The maximum absolute atomic E-state index is 12.2. The fourth-order valence-electron chi connectivity index (χ4n) is 2.75. The number of piperidine rings is 1. The number of rotatable bonds is 7. The van der Waals surface area contributed by atoms with Crippen LogP contribution >= 0.6 is 0 Å². The molecule has 2 atom stereocenters. The van der Waals surface area contributed by atoms with E-state index in [4.69, 9.17) is 0 Å². The van der Waals surface area contributed by atoms with Gasteiger partial charge in [0.2, 0.25) is 5.91 Å². The van der Waals surface area contributed by atoms with Crippen molar-refractivity contribution in [1.82, 2.24) is 15.5 Å². The predicted molar refractivity (Wildman–Crippen MR) is 80.2 cm³/mol. The second kappa shape index (κ2) is 8.54. The van der Waals surface area contributed by atoms with Gasteiger partial charge in [0, 0.05) is 18.6 Å². The normalized spacial score (nSPS) is 22.5. The van der Waals surface area contributed by atoms with E-state index in [9.17, 15) is 4.79 Å². The Bertz CT molecular complexity index is 268. The summed E-state index contributed by atoms with van der Waals surface area (Å²) < 4.78 is 0. The van der Waals surface area contributed by atoms with Crippen LogP contribution in [-0.2, 0) is 4.79 Å². The van der Waals surface area contributed by atoms with E-state index in [1.807, 2.05) is 20.8 Å². The van der Waals surface area contributed by atoms with E-state index in [1.165, 1.54) is 19.3 Å². The summed E-state index contributed by atoms with van der Waals surface area (Å²) in [4.78, 5) is 14.5. The highest BCUT2D eigenvalue weighted by Gasteiger charge is 2.29. The third kappa shape index (κ3) is 5.49. The topological polar surface area (TPSA) is 44.4 Å². The Morgan fingerprint density at radius 1 is 1.32 bits per heavy atom. The molecule has 19 heavy (non-hydrogen) atoms. The zero-order chi connectivity index (χ0) is 14.3. The van der Waals surface area contributed by atoms with Crippen LogP contribution < -0.4 is 10.6 Å². The minimum absolute atomic E-state index is 0.0175. The molecule has 1 saturated heterocycles. The van der Waals surface area contributed by atoms with Gasteiger partial charge in [0.25, 0.3) is 0 Å². The molecule has 0 aromatic heterocycles. The van der Waals surface area contributed by atoms with Crippen molar-refractivity contribution < 1.29 is 4.79 Å². The Hall–Kier alpha value is -0.610. The molecule has 4 nitrogen and oxygen atoms in total. The number of carbonyl (C=O) groups is 1. The van der Waals surface area contributed by atoms with Gasteiger partial charge in [-0.3, -0.25) is 9.69 Å². The summed E-state index contributed by atoms with van der Waals surface area (Å²) >= 11 is 0. The maximum atomic E-state index is 12.2. The number of amides is 1. The first-order chi connectivity index (χ1) is 9.06. The number of nitrogens with one attached hydrogen (secondary N) is 2. The number of hydrogen-bond acceptors (Lipinski definition) is 3. The Morgan fingerprint density at radius 3 is 2.68 bits per heavy atom. The lowest BCUT2D eigenvalue weighted by molar-refractivity contribution is -0.127. The first-order valence-corrected chi connectivity index (χ1v) is 7.83. The summed E-state index contributed by atoms with van der Waals surface area (Å²) in [5.74, 6) is 0.164. The molecular weight excluding hydrogens is 238 g/mol. The second-order valence-electron chi connectivity index (χ2n) is 5.93. The molecule has 112 valence electrons. The Kier molecular flexibility index (Phi) is 7.39. The van der Waals surface area contributed by atoms with Crippen molar-refractivity contribution >= 4 is 5.91 Å². The first kappa shape index (κ1) is 16.4. The summed E-state index contributed by atoms with van der Waals surface area (Å²) in [7, 11) is 0. The summed E-state index contributed by atoms with van der Waals surface area (Å²) in [5.41, 5.74) is 0. The molecule has 0 saturated carbocycles. The lowest BCUT2D eigenvalue weighted by Crippen LogP contribution is -2.55. The highest BCUT2D eigenvalue weighted by atomic mass is 16.2. The molecule has 0 spiro atoms. The van der Waals surface area contributed by atoms with Crippen LogP contribution in [0.25, 0.3) is 0 Å². The van der Waals surface area contributed by atoms with Gasteiger partial charge in [-0.05, 0) is 53.1 Å². The van der Waals surface area contributed by atoms with Crippen LogP contribution in [-0.4, -0.2) is 48.6 Å². The molecule has 1 heterocycles. The lowest BCUT2D eigenvalue weighted by atomic mass is 9.99. The molecular formula is C15H31N3O. The SMILES string of the molecule is CCCNCC1CCCCN1C(C)C(=O)NC(C)C. The quantitative estimate of drug-likeness (QED) is 0.692. The van der Waals surface area contributed by atoms with E-state index >= 15 is 0 Å². The van der Waals surface area contributed by atoms with Gasteiger partial charge < -0.3 is 10.6 Å². The van der Waals surface area contributed by atoms with E-state index < -0.39 is 0 Å². The fraction of sp³-hybridized carbons (Fsp3) is 0.933. The third-order valence-electron chi connectivity index (χ3n) is 3.79. The standard InChI is InChI=1S/C15H31N3O/c1-5-9-16-11-14-8-6-7-10-18(14)13(4)15(19)17-12(2)3/h12-14,16H,5-11H2,1-4H3,(H,17,19). The molecule has 4 heteroatoms. The summed E-state index contributed by atoms with van der Waals surface area (Å²) in [5, 5.41) is 6.52. The van der Waals surface area contributed by atoms with Gasteiger partial charge in [0.05, 0.1) is 6.04 Å². The molecule has 1 aliphatic rings. The number of likely N-dealkylation sites (tertiary alicyclic amines) is 1. The molecule has 1 amide bonds. The average Bonchev–Trinajstić information content (AvgIpc) is 2.38. The summed E-state index contributed by atoms with van der Waals surface area (Å²) in [6.07, 6.45) is 4.86. The molecule has 0 aromatic rings. The number of nitrogens with zero attached hydrogens (tertiary/aromatic N) is 1. The lowest BCUT2D eigenvalue weighted by Gasteiger charge is -2.39. The van der Waals surface area contributed by atoms with Crippen molar-refractivity contribution in [3.63, 3.8) is 0 Å². The van der Waals surface area contributed by atoms with Crippen LogP contribution in [0.15, 0.2) is 0 Å². The van der Waals surface area contributed by atoms with Crippen LogP contribution in [0, 0.1) is 0 Å². The Labute approximate surface area is 118 Å². The van der Waals surface area contributed by atoms with Crippen LogP contribution in [0.3, 0.4) is 0 Å². The van der Waals surface area contributed by atoms with Crippen molar-refractivity contribution in [3.8, 4) is 0 Å². The maximum Gasteiger partial charge on any atom is 0.237 e. The number of hydrogen-bond donors (Lipinski definition) is 2. The minimum atomic E-state index is -0.0175. The van der Waals surface area contributed by atoms with Crippen molar-refractivity contribution in [2.24, 2.45) is 0 Å². The van der Waals surface area contributed by atoms with E-state index in [1.54, 1.807) is 0 Å². The van der Waals surface area contributed by atoms with Crippen LogP contribution in [0.4, 0.5) is 0 Å². The summed E-state index contributed by atoms with van der Waals surface area (Å²) in [6, 6.07) is 0.709. The molecule has 1 aliphatic heterocycles. The monoisotopic (exact) mass is 269 g/mol. The summed E-state index contributed by atoms with van der Waals surface area (Å²) in [6.45, 7) is 11.4. The third-order valence-corrected chi connectivity index (χ3v) is 3.79. The number of carbonyl (C=O) groups excluding carboxylic acids is 1. The molecule has 0 aliphatic carbocycles. The van der Waals surface area contributed by atoms with E-state index in [-0.39, 0.29) is 18.0 Å². The molecule has 0 radical (unpaired) electrons. The van der Waals surface area contributed by atoms with Crippen molar-refractivity contribution in [2.75, 3.05) is 19.6 Å². The average molecular weight is 269 g/mol. The predicted octanol–water partition coefficient (Wildman–Crippen LogP) is 1.75. The van der Waals surface area contributed by atoms with Crippen LogP contribution in [0.2, 0.25) is 0 Å². The van der Waals surface area contributed by atoms with Gasteiger partial charge in [-0.1, -0.05) is 13.3 Å². The molecule has 0 aromatic carbocycles. The van der Waals surface area contributed by atoms with Crippen LogP contribution in [0.1, 0.15) is 53.4 Å². The van der Waals surface area contributed by atoms with Crippen LogP contribution in [0.5, 0.6) is 0 Å². The smallest absolute Gasteiger partial charge is 0.237 e. The molecule has 2 N–H and O–H groups in total. The van der Waals surface area contributed by atoms with Gasteiger partial charge in [-0.25, -0.2) is 0 Å². The van der Waals surface area contributed by atoms with Gasteiger partial charge in [0.1, 0.15) is 0 Å². The molecule has 1 fully saturated rings.